The third kappa shape index (κ3) is 5.24. The number of pyridine rings is 1. The van der Waals surface area contributed by atoms with Gasteiger partial charge in [0.2, 0.25) is 0 Å². The van der Waals surface area contributed by atoms with Crippen LogP contribution >= 0.6 is 0 Å². The number of sulfone groups is 1. The van der Waals surface area contributed by atoms with Crippen molar-refractivity contribution >= 4 is 26.4 Å². The third-order valence-electron chi connectivity index (χ3n) is 6.24. The molecular formula is C25H29NO6S. The maximum Gasteiger partial charge on any atom is 0.258 e. The molecule has 0 radical (unpaired) electrons. The van der Waals surface area contributed by atoms with E-state index < -0.39 is 27.0 Å². The van der Waals surface area contributed by atoms with E-state index in [0.717, 1.165) is 29.2 Å². The molecule has 8 heteroatoms. The Balaban J connectivity index is 1.87. The number of hydrogen-bond donors (Lipinski definition) is 1. The summed E-state index contributed by atoms with van der Waals surface area (Å²) in [7, 11) is -2.10. The van der Waals surface area contributed by atoms with Crippen molar-refractivity contribution in [2.45, 2.75) is 31.1 Å². The Morgan fingerprint density at radius 3 is 2.36 bits per heavy atom. The number of aliphatic hydroxyl groups excluding tert-OH is 1. The molecule has 0 saturated carbocycles. The van der Waals surface area contributed by atoms with Crippen molar-refractivity contribution < 1.29 is 23.1 Å². The van der Waals surface area contributed by atoms with Crippen molar-refractivity contribution in [3.8, 4) is 11.1 Å². The lowest BCUT2D eigenvalue weighted by atomic mass is 10.00. The van der Waals surface area contributed by atoms with E-state index in [4.69, 9.17) is 4.74 Å². The molecule has 0 saturated heterocycles. The number of aryl methyl sites for hydroxylation is 1. The highest BCUT2D eigenvalue weighted by molar-refractivity contribution is 7.92. The van der Waals surface area contributed by atoms with E-state index in [1.165, 1.54) is 17.1 Å². The van der Waals surface area contributed by atoms with Crippen molar-refractivity contribution in [3.63, 3.8) is 0 Å². The van der Waals surface area contributed by atoms with Gasteiger partial charge in [-0.05, 0) is 60.0 Å². The van der Waals surface area contributed by atoms with Crippen LogP contribution < -0.4 is 5.56 Å². The molecule has 1 atom stereocenters. The van der Waals surface area contributed by atoms with Gasteiger partial charge in [0.1, 0.15) is 11.4 Å². The summed E-state index contributed by atoms with van der Waals surface area (Å²) in [6.07, 6.45) is 3.31. The Morgan fingerprint density at radius 1 is 1.09 bits per heavy atom. The molecule has 0 fully saturated rings. The zero-order valence-corrected chi connectivity index (χ0v) is 19.9. The summed E-state index contributed by atoms with van der Waals surface area (Å²) in [5, 5.41) is 10.5. The van der Waals surface area contributed by atoms with Crippen LogP contribution in [-0.2, 0) is 32.3 Å². The molecule has 33 heavy (non-hydrogen) atoms. The minimum absolute atomic E-state index is 0.0365. The first-order chi connectivity index (χ1) is 15.6. The smallest absolute Gasteiger partial charge is 0.258 e. The Morgan fingerprint density at radius 2 is 1.76 bits per heavy atom. The molecule has 1 N–H and O–H groups in total. The molecule has 0 unspecified atom stereocenters. The van der Waals surface area contributed by atoms with E-state index in [0.29, 0.717) is 12.0 Å². The minimum atomic E-state index is -3.78. The number of Topliss-reactive ketones (excluding diaryl/α,β-unsaturated/α-hetero) is 1. The zero-order chi connectivity index (χ0) is 24.2. The summed E-state index contributed by atoms with van der Waals surface area (Å²) in [5.74, 6) is -0.781. The molecule has 1 heterocycles. The number of fused-ring (bicyclic) bond motifs is 1. The summed E-state index contributed by atoms with van der Waals surface area (Å²) in [6, 6.07) is 15.6. The van der Waals surface area contributed by atoms with Gasteiger partial charge in [0, 0.05) is 31.5 Å². The number of hydrogen-bond acceptors (Lipinski definition) is 6. The largest absolute Gasteiger partial charge is 0.389 e. The first-order valence-electron chi connectivity index (χ1n) is 10.7. The number of ketones is 1. The van der Waals surface area contributed by atoms with Gasteiger partial charge in [0.15, 0.2) is 15.6 Å². The van der Waals surface area contributed by atoms with Gasteiger partial charge in [-0.15, -0.1) is 0 Å². The molecule has 0 aliphatic rings. The van der Waals surface area contributed by atoms with Crippen LogP contribution in [0.3, 0.4) is 0 Å². The summed E-state index contributed by atoms with van der Waals surface area (Å²) in [6.45, 7) is 1.12. The molecule has 0 spiro atoms. The van der Waals surface area contributed by atoms with Crippen molar-refractivity contribution in [2.75, 3.05) is 26.6 Å². The zero-order valence-electron chi connectivity index (χ0n) is 19.1. The van der Waals surface area contributed by atoms with E-state index in [2.05, 4.69) is 12.1 Å². The first kappa shape index (κ1) is 24.8. The topological polar surface area (TPSA) is 103 Å². The van der Waals surface area contributed by atoms with Crippen LogP contribution in [0, 0.1) is 0 Å². The molecule has 3 rings (SSSR count). The second-order valence-electron chi connectivity index (χ2n) is 8.39. The molecule has 0 bridgehead atoms. The first-order valence-corrected chi connectivity index (χ1v) is 12.5. The molecule has 3 aromatic rings. The lowest BCUT2D eigenvalue weighted by Gasteiger charge is -2.25. The summed E-state index contributed by atoms with van der Waals surface area (Å²) < 4.78 is 29.1. The Labute approximate surface area is 193 Å². The third-order valence-corrected chi connectivity index (χ3v) is 8.31. The quantitative estimate of drug-likeness (QED) is 0.488. The Kier molecular flexibility index (Phi) is 7.51. The van der Waals surface area contributed by atoms with Gasteiger partial charge >= 0.3 is 0 Å². The van der Waals surface area contributed by atoms with Crippen molar-refractivity contribution in [1.82, 2.24) is 4.57 Å². The molecule has 0 aliphatic heterocycles. The average molecular weight is 472 g/mol. The second-order valence-corrected chi connectivity index (χ2v) is 10.8. The maximum absolute atomic E-state index is 13.0. The van der Waals surface area contributed by atoms with Crippen LogP contribution in [0.1, 0.15) is 18.9 Å². The predicted molar refractivity (Wildman–Crippen MR) is 129 cm³/mol. The number of nitrogens with zero attached hydrogens (tertiary/aromatic N) is 1. The van der Waals surface area contributed by atoms with Gasteiger partial charge in [-0.25, -0.2) is 8.42 Å². The van der Waals surface area contributed by atoms with Crippen LogP contribution in [0.4, 0.5) is 0 Å². The van der Waals surface area contributed by atoms with Gasteiger partial charge < -0.3 is 14.4 Å². The normalized spacial score (nSPS) is 13.7. The van der Waals surface area contributed by atoms with Gasteiger partial charge in [0.25, 0.3) is 5.56 Å². The number of carbonyl (C=O) groups excluding carboxylic acids is 1. The van der Waals surface area contributed by atoms with Crippen LogP contribution in [0.5, 0.6) is 0 Å². The Bertz CT molecular complexity index is 1310. The van der Waals surface area contributed by atoms with Crippen molar-refractivity contribution in [3.05, 3.63) is 70.6 Å². The van der Waals surface area contributed by atoms with Crippen LogP contribution in [0.2, 0.25) is 0 Å². The van der Waals surface area contributed by atoms with Gasteiger partial charge in [-0.3, -0.25) is 9.59 Å². The highest BCUT2D eigenvalue weighted by atomic mass is 32.2. The van der Waals surface area contributed by atoms with E-state index in [1.807, 2.05) is 24.3 Å². The number of ether oxygens (including phenoxy) is 1. The lowest BCUT2D eigenvalue weighted by molar-refractivity contribution is -0.124. The SMILES string of the molecule is COCCc1ccc(-c2ccc3c(=O)n(CC[C@](C)(C(=O)CO)S(C)(=O)=O)ccc3c2)cc1. The van der Waals surface area contributed by atoms with E-state index in [9.17, 15) is 23.1 Å². The van der Waals surface area contributed by atoms with Gasteiger partial charge in [-0.1, -0.05) is 30.3 Å². The highest BCUT2D eigenvalue weighted by Gasteiger charge is 2.42. The van der Waals surface area contributed by atoms with Gasteiger partial charge in [-0.2, -0.15) is 0 Å². The molecule has 176 valence electrons. The number of aliphatic hydroxyl groups is 1. The molecule has 7 nitrogen and oxygen atoms in total. The summed E-state index contributed by atoms with van der Waals surface area (Å²) in [5.41, 5.74) is 2.94. The van der Waals surface area contributed by atoms with E-state index >= 15 is 0 Å². The number of rotatable bonds is 10. The maximum atomic E-state index is 13.0. The highest BCUT2D eigenvalue weighted by Crippen LogP contribution is 2.25. The molecule has 0 aliphatic carbocycles. The fourth-order valence-electron chi connectivity index (χ4n) is 3.76. The molecule has 0 amide bonds. The number of benzene rings is 2. The molecular weight excluding hydrogens is 442 g/mol. The van der Waals surface area contributed by atoms with Crippen LogP contribution in [-0.4, -0.2) is 55.2 Å². The van der Waals surface area contributed by atoms with Crippen LogP contribution in [0.15, 0.2) is 59.5 Å². The predicted octanol–water partition coefficient (Wildman–Crippen LogP) is 2.61. The summed E-state index contributed by atoms with van der Waals surface area (Å²) >= 11 is 0. The standard InChI is InChI=1S/C25H29NO6S/c1-25(23(28)17-27,33(3,30)31)12-14-26-13-10-21-16-20(8-9-22(21)24(26)29)19-6-4-18(5-7-19)11-15-32-2/h4-10,13,16,27H,11-12,14-15,17H2,1-3H3/t25-/m1/s1. The van der Waals surface area contributed by atoms with E-state index in [-0.39, 0.29) is 18.5 Å². The van der Waals surface area contributed by atoms with Crippen LogP contribution in [0.25, 0.3) is 21.9 Å². The number of carbonyl (C=O) groups is 1. The number of methoxy groups -OCH3 is 1. The average Bonchev–Trinajstić information content (AvgIpc) is 2.81. The molecule has 1 aromatic heterocycles. The fourth-order valence-corrected chi connectivity index (χ4v) is 4.70. The van der Waals surface area contributed by atoms with Crippen molar-refractivity contribution in [2.24, 2.45) is 0 Å². The number of aromatic nitrogens is 1. The van der Waals surface area contributed by atoms with E-state index in [1.54, 1.807) is 25.4 Å². The van der Waals surface area contributed by atoms with Crippen molar-refractivity contribution in [1.29, 1.82) is 0 Å². The lowest BCUT2D eigenvalue weighted by Crippen LogP contribution is -2.46. The second kappa shape index (κ2) is 9.99. The Hall–Kier alpha value is -2.81. The fraction of sp³-hybridized carbons (Fsp3) is 0.360. The molecule has 2 aromatic carbocycles. The summed E-state index contributed by atoms with van der Waals surface area (Å²) in [4.78, 5) is 25.1. The van der Waals surface area contributed by atoms with Gasteiger partial charge in [0.05, 0.1) is 6.61 Å². The minimum Gasteiger partial charge on any atom is -0.389 e. The monoisotopic (exact) mass is 471 g/mol.